The van der Waals surface area contributed by atoms with Gasteiger partial charge in [-0.1, -0.05) is 53.2 Å². The van der Waals surface area contributed by atoms with Crippen LogP contribution in [0.2, 0.25) is 5.02 Å². The molecule has 1 amide bonds. The van der Waals surface area contributed by atoms with E-state index < -0.39 is 11.7 Å². The molecule has 0 atom stereocenters. The molecule has 1 N–H and O–H groups in total. The molecule has 2 aromatic carbocycles. The Morgan fingerprint density at radius 1 is 1.12 bits per heavy atom. The number of benzene rings is 2. The lowest BCUT2D eigenvalue weighted by molar-refractivity contribution is 0.0950. The molecule has 4 aromatic rings. The second kappa shape index (κ2) is 8.96. The van der Waals surface area contributed by atoms with E-state index in [1.165, 1.54) is 12.1 Å². The lowest BCUT2D eigenvalue weighted by Gasteiger charge is -2.09. The Bertz CT molecular complexity index is 1260. The Morgan fingerprint density at radius 3 is 2.59 bits per heavy atom. The number of hydrogen-bond donors (Lipinski definition) is 1. The summed E-state index contributed by atoms with van der Waals surface area (Å²) in [6, 6.07) is 14.3. The maximum atomic E-state index is 14.4. The molecule has 2 aromatic heterocycles. The van der Waals surface area contributed by atoms with E-state index >= 15 is 0 Å². The van der Waals surface area contributed by atoms with Crippen LogP contribution in [0.1, 0.15) is 38.6 Å². The van der Waals surface area contributed by atoms with E-state index in [2.05, 4.69) is 15.6 Å². The highest BCUT2D eigenvalue weighted by Crippen LogP contribution is 2.33. The van der Waals surface area contributed by atoms with Crippen molar-refractivity contribution in [2.75, 3.05) is 0 Å². The number of aryl methyl sites for hydroxylation is 2. The van der Waals surface area contributed by atoms with Gasteiger partial charge in [0.1, 0.15) is 22.8 Å². The molecule has 0 aliphatic rings. The standard InChI is InChI=1S/C24H22ClFN4O2/c1-14-18(15(2)30(28-14)13-17-8-5-4-6-9-17)12-27-24(31)21-16(3)32-29-23(21)22-19(25)10-7-11-20(22)26/h4-11H,12-13H2,1-3H3,(H,27,31). The zero-order chi connectivity index (χ0) is 22.8. The molecule has 0 aliphatic heterocycles. The minimum absolute atomic E-state index is 0.0409. The summed E-state index contributed by atoms with van der Waals surface area (Å²) in [5.74, 6) is -0.716. The average molecular weight is 453 g/mol. The zero-order valence-electron chi connectivity index (χ0n) is 17.9. The Hall–Kier alpha value is -3.45. The Kier molecular flexibility index (Phi) is 6.10. The molecule has 8 heteroatoms. The van der Waals surface area contributed by atoms with Crippen LogP contribution < -0.4 is 5.32 Å². The molecular formula is C24H22ClFN4O2. The fourth-order valence-electron chi connectivity index (χ4n) is 3.69. The van der Waals surface area contributed by atoms with E-state index in [1.807, 2.05) is 48.9 Å². The largest absolute Gasteiger partial charge is 0.360 e. The Balaban J connectivity index is 1.56. The molecule has 0 bridgehead atoms. The maximum absolute atomic E-state index is 14.4. The molecule has 0 aliphatic carbocycles. The molecule has 0 radical (unpaired) electrons. The highest BCUT2D eigenvalue weighted by atomic mass is 35.5. The van der Waals surface area contributed by atoms with Crippen LogP contribution >= 0.6 is 11.6 Å². The third-order valence-electron chi connectivity index (χ3n) is 5.42. The summed E-state index contributed by atoms with van der Waals surface area (Å²) in [5.41, 5.74) is 4.14. The van der Waals surface area contributed by atoms with Gasteiger partial charge in [-0.25, -0.2) is 4.39 Å². The number of halogens is 2. The molecule has 0 unspecified atom stereocenters. The van der Waals surface area contributed by atoms with E-state index in [1.54, 1.807) is 13.0 Å². The molecule has 4 rings (SSSR count). The van der Waals surface area contributed by atoms with Gasteiger partial charge < -0.3 is 9.84 Å². The van der Waals surface area contributed by atoms with Gasteiger partial charge in [-0.2, -0.15) is 5.10 Å². The fraction of sp³-hybridized carbons (Fsp3) is 0.208. The van der Waals surface area contributed by atoms with Gasteiger partial charge in [-0.3, -0.25) is 9.48 Å². The van der Waals surface area contributed by atoms with Gasteiger partial charge in [-0.05, 0) is 38.5 Å². The predicted molar refractivity (Wildman–Crippen MR) is 120 cm³/mol. The summed E-state index contributed by atoms with van der Waals surface area (Å²) in [7, 11) is 0. The van der Waals surface area contributed by atoms with Gasteiger partial charge in [0.25, 0.3) is 5.91 Å². The van der Waals surface area contributed by atoms with Crippen LogP contribution in [0.15, 0.2) is 53.1 Å². The quantitative estimate of drug-likeness (QED) is 0.434. The lowest BCUT2D eigenvalue weighted by Crippen LogP contribution is -2.24. The lowest BCUT2D eigenvalue weighted by atomic mass is 10.0. The number of carbonyl (C=O) groups excluding carboxylic acids is 1. The van der Waals surface area contributed by atoms with Crippen molar-refractivity contribution in [3.8, 4) is 11.3 Å². The molecule has 0 saturated heterocycles. The number of nitrogens with zero attached hydrogens (tertiary/aromatic N) is 3. The monoisotopic (exact) mass is 452 g/mol. The van der Waals surface area contributed by atoms with Crippen LogP contribution in [0.5, 0.6) is 0 Å². The van der Waals surface area contributed by atoms with Crippen molar-refractivity contribution >= 4 is 17.5 Å². The number of carbonyl (C=O) groups is 1. The van der Waals surface area contributed by atoms with Crippen molar-refractivity contribution in [1.82, 2.24) is 20.3 Å². The number of rotatable bonds is 6. The van der Waals surface area contributed by atoms with Crippen molar-refractivity contribution in [2.45, 2.75) is 33.9 Å². The number of amides is 1. The van der Waals surface area contributed by atoms with Gasteiger partial charge >= 0.3 is 0 Å². The van der Waals surface area contributed by atoms with Gasteiger partial charge in [-0.15, -0.1) is 0 Å². The second-order valence-electron chi connectivity index (χ2n) is 7.53. The van der Waals surface area contributed by atoms with Crippen LogP contribution in [0.4, 0.5) is 4.39 Å². The zero-order valence-corrected chi connectivity index (χ0v) is 18.7. The summed E-state index contributed by atoms with van der Waals surface area (Å²) in [4.78, 5) is 13.0. The first-order valence-electron chi connectivity index (χ1n) is 10.1. The molecule has 6 nitrogen and oxygen atoms in total. The van der Waals surface area contributed by atoms with Crippen molar-refractivity contribution in [3.63, 3.8) is 0 Å². The average Bonchev–Trinajstić information content (AvgIpc) is 3.26. The first kappa shape index (κ1) is 21.8. The van der Waals surface area contributed by atoms with Crippen molar-refractivity contribution in [3.05, 3.63) is 93.2 Å². The number of hydrogen-bond acceptors (Lipinski definition) is 4. The molecule has 0 spiro atoms. The van der Waals surface area contributed by atoms with Crippen molar-refractivity contribution in [1.29, 1.82) is 0 Å². The first-order chi connectivity index (χ1) is 15.4. The third kappa shape index (κ3) is 4.16. The van der Waals surface area contributed by atoms with Gasteiger partial charge in [0.15, 0.2) is 0 Å². The van der Waals surface area contributed by atoms with Gasteiger partial charge in [0.2, 0.25) is 0 Å². The first-order valence-corrected chi connectivity index (χ1v) is 10.5. The minimum Gasteiger partial charge on any atom is -0.360 e. The molecule has 164 valence electrons. The highest BCUT2D eigenvalue weighted by Gasteiger charge is 2.25. The summed E-state index contributed by atoms with van der Waals surface area (Å²) >= 11 is 6.17. The Morgan fingerprint density at radius 2 is 1.88 bits per heavy atom. The SMILES string of the molecule is Cc1nn(Cc2ccccc2)c(C)c1CNC(=O)c1c(-c2c(F)cccc2Cl)noc1C. The molecule has 0 saturated carbocycles. The summed E-state index contributed by atoms with van der Waals surface area (Å²) in [6.45, 7) is 6.39. The summed E-state index contributed by atoms with van der Waals surface area (Å²) in [6.07, 6.45) is 0. The van der Waals surface area contributed by atoms with E-state index in [-0.39, 0.29) is 34.1 Å². The third-order valence-corrected chi connectivity index (χ3v) is 5.74. The Labute approximate surface area is 190 Å². The normalized spacial score (nSPS) is 11.0. The molecule has 2 heterocycles. The summed E-state index contributed by atoms with van der Waals surface area (Å²) < 4.78 is 21.5. The number of aromatic nitrogens is 3. The highest BCUT2D eigenvalue weighted by molar-refractivity contribution is 6.33. The van der Waals surface area contributed by atoms with Gasteiger partial charge in [0, 0.05) is 17.8 Å². The van der Waals surface area contributed by atoms with Gasteiger partial charge in [0.05, 0.1) is 22.8 Å². The molecule has 0 fully saturated rings. The summed E-state index contributed by atoms with van der Waals surface area (Å²) in [5, 5.41) is 11.6. The van der Waals surface area contributed by atoms with Crippen LogP contribution in [0, 0.1) is 26.6 Å². The van der Waals surface area contributed by atoms with Crippen molar-refractivity contribution < 1.29 is 13.7 Å². The van der Waals surface area contributed by atoms with E-state index in [0.29, 0.717) is 6.54 Å². The molecule has 32 heavy (non-hydrogen) atoms. The van der Waals surface area contributed by atoms with Crippen molar-refractivity contribution in [2.24, 2.45) is 0 Å². The second-order valence-corrected chi connectivity index (χ2v) is 7.94. The van der Waals surface area contributed by atoms with Crippen LogP contribution in [0.3, 0.4) is 0 Å². The van der Waals surface area contributed by atoms with E-state index in [0.717, 1.165) is 22.5 Å². The smallest absolute Gasteiger partial charge is 0.257 e. The minimum atomic E-state index is -0.575. The van der Waals surface area contributed by atoms with Crippen LogP contribution in [0.25, 0.3) is 11.3 Å². The topological polar surface area (TPSA) is 73.0 Å². The van der Waals surface area contributed by atoms with E-state index in [4.69, 9.17) is 16.1 Å². The maximum Gasteiger partial charge on any atom is 0.257 e. The predicted octanol–water partition coefficient (Wildman–Crippen LogP) is 5.23. The number of nitrogens with one attached hydrogen (secondary N) is 1. The van der Waals surface area contributed by atoms with Crippen LogP contribution in [-0.2, 0) is 13.1 Å². The fourth-order valence-corrected chi connectivity index (χ4v) is 3.94. The molecular weight excluding hydrogens is 431 g/mol. The van der Waals surface area contributed by atoms with Crippen LogP contribution in [-0.4, -0.2) is 20.8 Å². The van der Waals surface area contributed by atoms with E-state index in [9.17, 15) is 9.18 Å².